The van der Waals surface area contributed by atoms with Gasteiger partial charge in [-0.3, -0.25) is 10.3 Å². The molecule has 3 unspecified atom stereocenters. The summed E-state index contributed by atoms with van der Waals surface area (Å²) < 4.78 is 0. The number of fused-ring (bicyclic) bond motifs is 2. The van der Waals surface area contributed by atoms with Crippen molar-refractivity contribution in [1.29, 1.82) is 0 Å². The van der Waals surface area contributed by atoms with Crippen molar-refractivity contribution < 1.29 is 5.11 Å². The van der Waals surface area contributed by atoms with E-state index < -0.39 is 0 Å². The summed E-state index contributed by atoms with van der Waals surface area (Å²) in [6.45, 7) is 4.89. The van der Waals surface area contributed by atoms with Crippen LogP contribution in [0.4, 0.5) is 0 Å². The summed E-state index contributed by atoms with van der Waals surface area (Å²) >= 11 is 0. The summed E-state index contributed by atoms with van der Waals surface area (Å²) in [4.78, 5) is 2.39. The highest BCUT2D eigenvalue weighted by molar-refractivity contribution is 4.93. The number of nitrogens with one attached hydrogen (secondary N) is 1. The number of hydrogen-bond donors (Lipinski definition) is 2. The van der Waals surface area contributed by atoms with Crippen LogP contribution in [0.5, 0.6) is 0 Å². The van der Waals surface area contributed by atoms with Crippen LogP contribution in [0, 0.1) is 0 Å². The first-order valence-electron chi connectivity index (χ1n) is 5.57. The van der Waals surface area contributed by atoms with Gasteiger partial charge in [0.1, 0.15) is 0 Å². The molecule has 2 heterocycles. The zero-order valence-corrected chi connectivity index (χ0v) is 9.11. The topological polar surface area (TPSA) is 38.7 Å². The molecule has 82 valence electrons. The minimum Gasteiger partial charge on any atom is -0.392 e. The molecule has 2 saturated heterocycles. The van der Waals surface area contributed by atoms with E-state index in [4.69, 9.17) is 0 Å². The van der Waals surface area contributed by atoms with Crippen LogP contribution in [0.2, 0.25) is 0 Å². The Kier molecular flexibility index (Phi) is 3.07. The molecule has 0 aromatic carbocycles. The van der Waals surface area contributed by atoms with Crippen LogP contribution >= 0.6 is 0 Å². The van der Waals surface area contributed by atoms with Crippen LogP contribution in [0.3, 0.4) is 0 Å². The quantitative estimate of drug-likeness (QED) is 0.652. The number of rotatable bonds is 3. The highest BCUT2D eigenvalue weighted by atomic mass is 16.3. The number of likely N-dealkylation sites (tertiary alicyclic amines) is 1. The van der Waals surface area contributed by atoms with Gasteiger partial charge in [-0.25, -0.2) is 5.01 Å². The Morgan fingerprint density at radius 1 is 1.36 bits per heavy atom. The highest BCUT2D eigenvalue weighted by Crippen LogP contribution is 2.27. The lowest BCUT2D eigenvalue weighted by molar-refractivity contribution is 0.0147. The average molecular weight is 199 g/mol. The van der Waals surface area contributed by atoms with E-state index in [0.29, 0.717) is 12.1 Å². The van der Waals surface area contributed by atoms with Crippen molar-refractivity contribution in [3.63, 3.8) is 0 Å². The number of aliphatic hydroxyl groups is 1. The molecule has 2 rings (SSSR count). The van der Waals surface area contributed by atoms with Gasteiger partial charge in [0.2, 0.25) is 0 Å². The van der Waals surface area contributed by atoms with Crippen molar-refractivity contribution in [1.82, 2.24) is 15.3 Å². The van der Waals surface area contributed by atoms with Crippen molar-refractivity contribution in [3.05, 3.63) is 0 Å². The van der Waals surface area contributed by atoms with E-state index in [2.05, 4.69) is 15.3 Å². The second kappa shape index (κ2) is 4.14. The van der Waals surface area contributed by atoms with Crippen molar-refractivity contribution in [2.24, 2.45) is 0 Å². The molecule has 0 spiro atoms. The average Bonchev–Trinajstić information content (AvgIpc) is 2.36. The zero-order valence-electron chi connectivity index (χ0n) is 9.11. The summed E-state index contributed by atoms with van der Waals surface area (Å²) in [5, 5.41) is 11.7. The third-order valence-corrected chi connectivity index (χ3v) is 3.34. The van der Waals surface area contributed by atoms with Gasteiger partial charge in [0.15, 0.2) is 0 Å². The van der Waals surface area contributed by atoms with Gasteiger partial charge >= 0.3 is 0 Å². The number of nitrogens with zero attached hydrogens (tertiary/aromatic N) is 2. The van der Waals surface area contributed by atoms with E-state index in [1.165, 1.54) is 12.8 Å². The molecule has 2 aliphatic heterocycles. The third kappa shape index (κ3) is 1.93. The van der Waals surface area contributed by atoms with Crippen LogP contribution in [-0.2, 0) is 0 Å². The molecule has 14 heavy (non-hydrogen) atoms. The normalized spacial score (nSPS) is 36.2. The lowest BCUT2D eigenvalue weighted by Crippen LogP contribution is -2.58. The van der Waals surface area contributed by atoms with Crippen LogP contribution in [-0.4, -0.2) is 59.9 Å². The minimum atomic E-state index is -0.199. The molecule has 0 aromatic heterocycles. The summed E-state index contributed by atoms with van der Waals surface area (Å²) in [6.07, 6.45) is 2.39. The van der Waals surface area contributed by atoms with E-state index in [1.54, 1.807) is 0 Å². The Hall–Kier alpha value is -0.160. The van der Waals surface area contributed by atoms with Crippen LogP contribution in [0.25, 0.3) is 0 Å². The zero-order chi connectivity index (χ0) is 10.1. The van der Waals surface area contributed by atoms with E-state index in [-0.39, 0.29) is 6.10 Å². The molecule has 0 aliphatic carbocycles. The van der Waals surface area contributed by atoms with Crippen molar-refractivity contribution >= 4 is 0 Å². The van der Waals surface area contributed by atoms with Gasteiger partial charge in [-0.1, -0.05) is 0 Å². The molecular weight excluding hydrogens is 178 g/mol. The Labute approximate surface area is 85.8 Å². The molecule has 0 saturated carbocycles. The van der Waals surface area contributed by atoms with E-state index in [0.717, 1.165) is 19.6 Å². The molecule has 4 nitrogen and oxygen atoms in total. The standard InChI is InChI=1S/C10H21N3O/c1-8(14)5-12-6-9-3-4-10(7-12)13(9)11-2/h8-11,14H,3-7H2,1-2H3. The van der Waals surface area contributed by atoms with Crippen molar-refractivity contribution in [3.8, 4) is 0 Å². The molecule has 0 aromatic rings. The molecule has 0 radical (unpaired) electrons. The van der Waals surface area contributed by atoms with Gasteiger partial charge in [-0.05, 0) is 26.8 Å². The number of piperazine rings is 1. The maximum Gasteiger partial charge on any atom is 0.0639 e. The smallest absolute Gasteiger partial charge is 0.0639 e. The molecule has 4 heteroatoms. The first-order valence-corrected chi connectivity index (χ1v) is 5.57. The second-order valence-electron chi connectivity index (χ2n) is 4.58. The fourth-order valence-electron chi connectivity index (χ4n) is 2.88. The maximum atomic E-state index is 9.35. The van der Waals surface area contributed by atoms with Gasteiger partial charge in [0, 0.05) is 31.7 Å². The largest absolute Gasteiger partial charge is 0.392 e. The predicted octanol–water partition coefficient (Wildman–Crippen LogP) is -0.350. The Balaban J connectivity index is 1.92. The van der Waals surface area contributed by atoms with Crippen LogP contribution < -0.4 is 5.43 Å². The number of hydrogen-bond acceptors (Lipinski definition) is 4. The lowest BCUT2D eigenvalue weighted by Gasteiger charge is -2.40. The lowest BCUT2D eigenvalue weighted by atomic mass is 10.2. The summed E-state index contributed by atoms with van der Waals surface area (Å²) in [5.74, 6) is 0. The number of hydrazine groups is 1. The summed E-state index contributed by atoms with van der Waals surface area (Å²) in [7, 11) is 2.01. The molecule has 2 bridgehead atoms. The van der Waals surface area contributed by atoms with Gasteiger partial charge in [0.05, 0.1) is 6.10 Å². The number of β-amino-alcohol motifs (C(OH)–C–C–N with tert-alkyl or cyclic N) is 1. The van der Waals surface area contributed by atoms with Crippen molar-refractivity contribution in [2.75, 3.05) is 26.7 Å². The van der Waals surface area contributed by atoms with Crippen LogP contribution in [0.15, 0.2) is 0 Å². The fourth-order valence-corrected chi connectivity index (χ4v) is 2.88. The SMILES string of the molecule is CNN1C2CCC1CN(CC(C)O)C2. The van der Waals surface area contributed by atoms with E-state index >= 15 is 0 Å². The predicted molar refractivity (Wildman–Crippen MR) is 55.8 cm³/mol. The van der Waals surface area contributed by atoms with E-state index in [9.17, 15) is 5.11 Å². The fraction of sp³-hybridized carbons (Fsp3) is 1.00. The molecule has 2 fully saturated rings. The first kappa shape index (κ1) is 10.4. The van der Waals surface area contributed by atoms with E-state index in [1.807, 2.05) is 14.0 Å². The summed E-state index contributed by atoms with van der Waals surface area (Å²) in [5.41, 5.74) is 3.28. The minimum absolute atomic E-state index is 0.199. The molecule has 2 aliphatic rings. The van der Waals surface area contributed by atoms with Crippen molar-refractivity contribution in [2.45, 2.75) is 38.0 Å². The van der Waals surface area contributed by atoms with Gasteiger partial charge in [-0.15, -0.1) is 0 Å². The second-order valence-corrected chi connectivity index (χ2v) is 4.58. The Morgan fingerprint density at radius 2 is 1.93 bits per heavy atom. The molecule has 0 amide bonds. The molecular formula is C10H21N3O. The Morgan fingerprint density at radius 3 is 2.36 bits per heavy atom. The summed E-state index contributed by atoms with van der Waals surface area (Å²) in [6, 6.07) is 1.30. The monoisotopic (exact) mass is 199 g/mol. The highest BCUT2D eigenvalue weighted by Gasteiger charge is 2.39. The van der Waals surface area contributed by atoms with Crippen LogP contribution in [0.1, 0.15) is 19.8 Å². The maximum absolute atomic E-state index is 9.35. The molecule has 3 atom stereocenters. The third-order valence-electron chi connectivity index (χ3n) is 3.34. The molecule has 2 N–H and O–H groups in total. The van der Waals surface area contributed by atoms with Gasteiger partial charge in [0.25, 0.3) is 0 Å². The van der Waals surface area contributed by atoms with Gasteiger partial charge < -0.3 is 5.11 Å². The number of aliphatic hydroxyl groups excluding tert-OH is 1. The first-order chi connectivity index (χ1) is 6.70. The van der Waals surface area contributed by atoms with Gasteiger partial charge in [-0.2, -0.15) is 0 Å². The Bertz CT molecular complexity index is 184.